The summed E-state index contributed by atoms with van der Waals surface area (Å²) in [5.41, 5.74) is 1.52. The van der Waals surface area contributed by atoms with Crippen LogP contribution in [0.1, 0.15) is 37.3 Å². The summed E-state index contributed by atoms with van der Waals surface area (Å²) in [6, 6.07) is 13.2. The molecule has 0 saturated carbocycles. The molecule has 0 aromatic heterocycles. The molecule has 33 heavy (non-hydrogen) atoms. The van der Waals surface area contributed by atoms with Crippen LogP contribution < -0.4 is 10.0 Å². The second-order valence-electron chi connectivity index (χ2n) is 7.72. The molecule has 10 heteroatoms. The number of primary sulfonamides is 1. The van der Waals surface area contributed by atoms with Crippen molar-refractivity contribution in [2.45, 2.75) is 43.5 Å². The Balaban J connectivity index is 1.80. The Morgan fingerprint density at radius 3 is 2.33 bits per heavy atom. The average molecular weight is 469 g/mol. The number of anilines is 1. The Kier molecular flexibility index (Phi) is 7.26. The van der Waals surface area contributed by atoms with Crippen molar-refractivity contribution in [2.24, 2.45) is 5.14 Å². The first kappa shape index (κ1) is 24.1. The molecule has 3 amide bonds. The quantitative estimate of drug-likeness (QED) is 0.585. The number of rotatable bonds is 8. The smallest absolute Gasteiger partial charge is 0.257 e. The molecule has 1 aliphatic heterocycles. The highest BCUT2D eigenvalue weighted by Gasteiger charge is 2.44. The molecule has 1 atom stereocenters. The minimum atomic E-state index is -3.81. The van der Waals surface area contributed by atoms with Crippen LogP contribution in [0.2, 0.25) is 0 Å². The summed E-state index contributed by atoms with van der Waals surface area (Å²) in [7, 11) is -3.81. The second-order valence-corrected chi connectivity index (χ2v) is 9.28. The molecule has 2 aromatic rings. The lowest BCUT2D eigenvalue weighted by Crippen LogP contribution is -2.46. The maximum atomic E-state index is 13.2. The summed E-state index contributed by atoms with van der Waals surface area (Å²) < 4.78 is 22.9. The number of sulfonamides is 1. The van der Waals surface area contributed by atoms with E-state index < -0.39 is 27.9 Å². The molecule has 1 unspecified atom stereocenters. The molecule has 3 rings (SSSR count). The van der Waals surface area contributed by atoms with E-state index in [4.69, 9.17) is 10.4 Å². The first-order valence-electron chi connectivity index (χ1n) is 10.4. The van der Waals surface area contributed by atoms with Crippen LogP contribution in [0.25, 0.3) is 0 Å². The number of amides is 3. The standard InChI is InChI=1S/C23H24N4O5S/c1-2-3-21(28)26(13-12-16-6-10-19(11-7-16)33(25,31)32)20-14-22(29)27(23(20)30)18-8-4-17(15-24)5-9-18/h4-11,20H,2-3,12-14H2,1H3,(H2,25,31,32). The molecule has 0 spiro atoms. The number of imide groups is 1. The third kappa shape index (κ3) is 5.45. The number of benzene rings is 2. The SMILES string of the molecule is CCCC(=O)N(CCc1ccc(S(N)(=O)=O)cc1)C1CC(=O)N(c2ccc(C#N)cc2)C1=O. The van der Waals surface area contributed by atoms with E-state index in [0.717, 1.165) is 10.5 Å². The molecule has 1 fully saturated rings. The summed E-state index contributed by atoms with van der Waals surface area (Å²) in [5, 5.41) is 14.1. The minimum absolute atomic E-state index is 0.0141. The predicted molar refractivity (Wildman–Crippen MR) is 120 cm³/mol. The molecule has 1 saturated heterocycles. The van der Waals surface area contributed by atoms with Crippen LogP contribution in [0.3, 0.4) is 0 Å². The molecule has 0 bridgehead atoms. The van der Waals surface area contributed by atoms with Gasteiger partial charge in [-0.3, -0.25) is 14.4 Å². The number of nitrogens with zero attached hydrogens (tertiary/aromatic N) is 3. The molecular formula is C23H24N4O5S. The highest BCUT2D eigenvalue weighted by atomic mass is 32.2. The van der Waals surface area contributed by atoms with Crippen molar-refractivity contribution in [1.29, 1.82) is 5.26 Å². The molecule has 0 radical (unpaired) electrons. The van der Waals surface area contributed by atoms with Crippen LogP contribution in [0.5, 0.6) is 0 Å². The maximum absolute atomic E-state index is 13.2. The lowest BCUT2D eigenvalue weighted by molar-refractivity contribution is -0.138. The number of hydrogen-bond acceptors (Lipinski definition) is 6. The molecule has 1 aliphatic rings. The summed E-state index contributed by atoms with van der Waals surface area (Å²) in [6.45, 7) is 2.05. The second kappa shape index (κ2) is 9.94. The van der Waals surface area contributed by atoms with Gasteiger partial charge in [0.25, 0.3) is 5.91 Å². The van der Waals surface area contributed by atoms with Gasteiger partial charge >= 0.3 is 0 Å². The van der Waals surface area contributed by atoms with Gasteiger partial charge in [0, 0.05) is 13.0 Å². The van der Waals surface area contributed by atoms with Crippen molar-refractivity contribution in [2.75, 3.05) is 11.4 Å². The third-order valence-corrected chi connectivity index (χ3v) is 6.36. The van der Waals surface area contributed by atoms with E-state index in [1.165, 1.54) is 41.3 Å². The number of hydrogen-bond donors (Lipinski definition) is 1. The number of carbonyl (C=O) groups is 3. The van der Waals surface area contributed by atoms with Gasteiger partial charge in [0.1, 0.15) is 6.04 Å². The van der Waals surface area contributed by atoms with Crippen LogP contribution in [0.4, 0.5) is 5.69 Å². The van der Waals surface area contributed by atoms with Gasteiger partial charge in [-0.05, 0) is 54.8 Å². The lowest BCUT2D eigenvalue weighted by atomic mass is 10.1. The molecular weight excluding hydrogens is 444 g/mol. The fourth-order valence-corrected chi connectivity index (χ4v) is 4.24. The molecule has 2 aromatic carbocycles. The average Bonchev–Trinajstić information content (AvgIpc) is 3.07. The number of nitriles is 1. The monoisotopic (exact) mass is 468 g/mol. The van der Waals surface area contributed by atoms with Gasteiger partial charge in [0.15, 0.2) is 0 Å². The zero-order valence-electron chi connectivity index (χ0n) is 18.1. The van der Waals surface area contributed by atoms with Gasteiger partial charge < -0.3 is 4.90 Å². The van der Waals surface area contributed by atoms with Crippen molar-refractivity contribution < 1.29 is 22.8 Å². The van der Waals surface area contributed by atoms with E-state index in [2.05, 4.69) is 0 Å². The Labute approximate surface area is 192 Å². The molecule has 0 aliphatic carbocycles. The highest BCUT2D eigenvalue weighted by molar-refractivity contribution is 7.89. The van der Waals surface area contributed by atoms with E-state index >= 15 is 0 Å². The van der Waals surface area contributed by atoms with Crippen LogP contribution >= 0.6 is 0 Å². The van der Waals surface area contributed by atoms with Crippen molar-refractivity contribution in [3.05, 3.63) is 59.7 Å². The van der Waals surface area contributed by atoms with Gasteiger partial charge in [-0.15, -0.1) is 0 Å². The Bertz CT molecular complexity index is 1200. The van der Waals surface area contributed by atoms with Crippen molar-refractivity contribution >= 4 is 33.4 Å². The number of carbonyl (C=O) groups excluding carboxylic acids is 3. The van der Waals surface area contributed by atoms with Gasteiger partial charge in [-0.2, -0.15) is 5.26 Å². The van der Waals surface area contributed by atoms with E-state index in [9.17, 15) is 22.8 Å². The van der Waals surface area contributed by atoms with Gasteiger partial charge in [0.05, 0.1) is 28.6 Å². The Hall–Kier alpha value is -3.55. The first-order chi connectivity index (χ1) is 15.7. The molecule has 9 nitrogen and oxygen atoms in total. The summed E-state index contributed by atoms with van der Waals surface area (Å²) >= 11 is 0. The van der Waals surface area contributed by atoms with E-state index in [1.807, 2.05) is 13.0 Å². The van der Waals surface area contributed by atoms with Crippen LogP contribution in [-0.4, -0.2) is 43.6 Å². The van der Waals surface area contributed by atoms with E-state index in [-0.39, 0.29) is 30.2 Å². The summed E-state index contributed by atoms with van der Waals surface area (Å²) in [6.07, 6.45) is 1.07. The van der Waals surface area contributed by atoms with Crippen molar-refractivity contribution in [1.82, 2.24) is 4.90 Å². The Morgan fingerprint density at radius 2 is 1.79 bits per heavy atom. The van der Waals surface area contributed by atoms with Crippen molar-refractivity contribution in [3.63, 3.8) is 0 Å². The molecule has 172 valence electrons. The topological polar surface area (TPSA) is 142 Å². The first-order valence-corrected chi connectivity index (χ1v) is 12.0. The normalized spacial score (nSPS) is 16.0. The van der Waals surface area contributed by atoms with Crippen LogP contribution in [-0.2, 0) is 30.8 Å². The van der Waals surface area contributed by atoms with Gasteiger partial charge in [-0.25, -0.2) is 18.5 Å². The highest BCUT2D eigenvalue weighted by Crippen LogP contribution is 2.27. The predicted octanol–water partition coefficient (Wildman–Crippen LogP) is 1.71. The molecule has 1 heterocycles. The Morgan fingerprint density at radius 1 is 1.15 bits per heavy atom. The summed E-state index contributed by atoms with van der Waals surface area (Å²) in [5.74, 6) is -1.13. The van der Waals surface area contributed by atoms with Crippen molar-refractivity contribution in [3.8, 4) is 6.07 Å². The third-order valence-electron chi connectivity index (χ3n) is 5.43. The number of nitrogens with two attached hydrogens (primary N) is 1. The van der Waals surface area contributed by atoms with E-state index in [0.29, 0.717) is 24.1 Å². The fraction of sp³-hybridized carbons (Fsp3) is 0.304. The van der Waals surface area contributed by atoms with Crippen LogP contribution in [0.15, 0.2) is 53.4 Å². The van der Waals surface area contributed by atoms with Gasteiger partial charge in [-0.1, -0.05) is 19.1 Å². The van der Waals surface area contributed by atoms with Gasteiger partial charge in [0.2, 0.25) is 21.8 Å². The summed E-state index contributed by atoms with van der Waals surface area (Å²) in [4.78, 5) is 41.1. The van der Waals surface area contributed by atoms with Crippen LogP contribution in [0, 0.1) is 11.3 Å². The lowest BCUT2D eigenvalue weighted by Gasteiger charge is -2.28. The molecule has 2 N–H and O–H groups in total. The van der Waals surface area contributed by atoms with E-state index in [1.54, 1.807) is 12.1 Å². The minimum Gasteiger partial charge on any atom is -0.330 e. The maximum Gasteiger partial charge on any atom is 0.257 e. The largest absolute Gasteiger partial charge is 0.330 e. The zero-order chi connectivity index (χ0) is 24.2. The zero-order valence-corrected chi connectivity index (χ0v) is 18.9. The fourth-order valence-electron chi connectivity index (χ4n) is 3.72.